The van der Waals surface area contributed by atoms with Crippen molar-refractivity contribution in [3.05, 3.63) is 58.8 Å². The Morgan fingerprint density at radius 2 is 1.73 bits per heavy atom. The van der Waals surface area contributed by atoms with Crippen LogP contribution in [0.3, 0.4) is 0 Å². The highest BCUT2D eigenvalue weighted by molar-refractivity contribution is 7.93. The molecule has 0 N–H and O–H groups in total. The van der Waals surface area contributed by atoms with Crippen LogP contribution >= 0.6 is 0 Å². The molecule has 1 amide bonds. The van der Waals surface area contributed by atoms with Crippen LogP contribution in [0.4, 0.5) is 5.69 Å². The van der Waals surface area contributed by atoms with Crippen molar-refractivity contribution in [2.24, 2.45) is 0 Å². The maximum absolute atomic E-state index is 13.6. The first-order valence-electron chi connectivity index (χ1n) is 9.77. The Kier molecular flexibility index (Phi) is 5.85. The predicted octanol–water partition coefficient (Wildman–Crippen LogP) is 5.08. The largest absolute Gasteiger partial charge is 0.461 e. The number of aryl methyl sites for hydroxylation is 3. The Morgan fingerprint density at radius 3 is 2.33 bits per heavy atom. The van der Waals surface area contributed by atoms with E-state index >= 15 is 0 Å². The monoisotopic (exact) mass is 427 g/mol. The number of amides is 1. The minimum Gasteiger partial charge on any atom is -0.461 e. The highest BCUT2D eigenvalue weighted by atomic mass is 32.2. The molecule has 0 aliphatic heterocycles. The van der Waals surface area contributed by atoms with Crippen molar-refractivity contribution in [3.8, 4) is 0 Å². The van der Waals surface area contributed by atoms with Gasteiger partial charge in [-0.1, -0.05) is 24.6 Å². The smallest absolute Gasteiger partial charge is 0.271 e. The van der Waals surface area contributed by atoms with Gasteiger partial charge < -0.3 is 4.42 Å². The van der Waals surface area contributed by atoms with Gasteiger partial charge >= 0.3 is 0 Å². The van der Waals surface area contributed by atoms with E-state index in [0.29, 0.717) is 34.3 Å². The molecule has 30 heavy (non-hydrogen) atoms. The molecule has 0 spiro atoms. The average Bonchev–Trinajstić information content (AvgIpc) is 2.96. The SMILES string of the molecule is CCCC(=O)N(c1ccc2oc(C)c(C(C)=O)c2c1)S(=O)(=O)c1ccc(C)cc1C. The summed E-state index contributed by atoms with van der Waals surface area (Å²) in [4.78, 5) is 25.1. The molecule has 0 aliphatic carbocycles. The first-order valence-corrected chi connectivity index (χ1v) is 11.2. The third kappa shape index (κ3) is 3.77. The van der Waals surface area contributed by atoms with Crippen LogP contribution in [0.5, 0.6) is 0 Å². The van der Waals surface area contributed by atoms with Crippen molar-refractivity contribution >= 4 is 38.4 Å². The molecule has 1 heterocycles. The summed E-state index contributed by atoms with van der Waals surface area (Å²) >= 11 is 0. The fraction of sp³-hybridized carbons (Fsp3) is 0.304. The zero-order valence-electron chi connectivity index (χ0n) is 17.8. The van der Waals surface area contributed by atoms with Gasteiger partial charge in [0.15, 0.2) is 5.78 Å². The van der Waals surface area contributed by atoms with Gasteiger partial charge in [-0.05, 0) is 63.9 Å². The van der Waals surface area contributed by atoms with Gasteiger partial charge in [0.1, 0.15) is 11.3 Å². The molecule has 1 aromatic heterocycles. The first kappa shape index (κ1) is 21.8. The topological polar surface area (TPSA) is 84.7 Å². The summed E-state index contributed by atoms with van der Waals surface area (Å²) in [7, 11) is -4.15. The summed E-state index contributed by atoms with van der Waals surface area (Å²) in [6.07, 6.45) is 0.579. The van der Waals surface area contributed by atoms with Crippen molar-refractivity contribution in [3.63, 3.8) is 0 Å². The number of nitrogens with zero attached hydrogens (tertiary/aromatic N) is 1. The number of hydrogen-bond donors (Lipinski definition) is 0. The van der Waals surface area contributed by atoms with Gasteiger partial charge in [-0.15, -0.1) is 0 Å². The second-order valence-electron chi connectivity index (χ2n) is 7.45. The molecule has 0 saturated carbocycles. The summed E-state index contributed by atoms with van der Waals surface area (Å²) in [5.74, 6) is -0.258. The molecular formula is C23H25NO5S. The van der Waals surface area contributed by atoms with Crippen LogP contribution in [0.1, 0.15) is 53.9 Å². The number of rotatable bonds is 6. The second-order valence-corrected chi connectivity index (χ2v) is 9.21. The van der Waals surface area contributed by atoms with Crippen LogP contribution in [0.15, 0.2) is 45.7 Å². The van der Waals surface area contributed by atoms with Crippen LogP contribution in [-0.2, 0) is 14.8 Å². The van der Waals surface area contributed by atoms with Gasteiger partial charge in [-0.2, -0.15) is 0 Å². The number of carbonyl (C=O) groups is 2. The van der Waals surface area contributed by atoms with Gasteiger partial charge in [-0.3, -0.25) is 9.59 Å². The van der Waals surface area contributed by atoms with E-state index in [1.54, 1.807) is 32.0 Å². The van der Waals surface area contributed by atoms with Crippen LogP contribution in [0, 0.1) is 20.8 Å². The van der Waals surface area contributed by atoms with Crippen LogP contribution in [0.2, 0.25) is 0 Å². The van der Waals surface area contributed by atoms with Crippen molar-refractivity contribution in [1.29, 1.82) is 0 Å². The van der Waals surface area contributed by atoms with Crippen LogP contribution in [0.25, 0.3) is 11.0 Å². The number of sulfonamides is 1. The molecule has 3 aromatic rings. The third-order valence-electron chi connectivity index (χ3n) is 4.97. The van der Waals surface area contributed by atoms with E-state index in [9.17, 15) is 18.0 Å². The molecule has 0 bridgehead atoms. The summed E-state index contributed by atoms with van der Waals surface area (Å²) in [5.41, 5.74) is 2.53. The molecule has 7 heteroatoms. The normalized spacial score (nSPS) is 11.6. The standard InChI is InChI=1S/C23H25NO5S/c1-6-7-22(26)24(30(27,28)21-11-8-14(2)12-15(21)3)18-9-10-20-19(13-18)23(16(4)25)17(5)29-20/h8-13H,6-7H2,1-5H3. The van der Waals surface area contributed by atoms with Gasteiger partial charge in [0, 0.05) is 11.8 Å². The molecule has 158 valence electrons. The number of carbonyl (C=O) groups excluding carboxylic acids is 2. The molecule has 0 unspecified atom stereocenters. The maximum Gasteiger partial charge on any atom is 0.271 e. The highest BCUT2D eigenvalue weighted by Crippen LogP contribution is 2.33. The zero-order chi connectivity index (χ0) is 22.2. The molecular weight excluding hydrogens is 402 g/mol. The van der Waals surface area contributed by atoms with E-state index in [1.165, 1.54) is 25.1 Å². The Balaban J connectivity index is 2.25. The van der Waals surface area contributed by atoms with Crippen molar-refractivity contribution in [2.75, 3.05) is 4.31 Å². The Bertz CT molecular complexity index is 1250. The molecule has 0 radical (unpaired) electrons. The van der Waals surface area contributed by atoms with Crippen molar-refractivity contribution in [1.82, 2.24) is 0 Å². The Morgan fingerprint density at radius 1 is 1.03 bits per heavy atom. The summed E-state index contributed by atoms with van der Waals surface area (Å²) in [6, 6.07) is 9.66. The molecule has 0 aliphatic rings. The number of benzene rings is 2. The van der Waals surface area contributed by atoms with E-state index in [4.69, 9.17) is 4.42 Å². The number of fused-ring (bicyclic) bond motifs is 1. The number of anilines is 1. The lowest BCUT2D eigenvalue weighted by molar-refractivity contribution is -0.117. The fourth-order valence-electron chi connectivity index (χ4n) is 3.69. The van der Waals surface area contributed by atoms with Crippen molar-refractivity contribution < 1.29 is 22.4 Å². The minimum absolute atomic E-state index is 0.0756. The predicted molar refractivity (Wildman–Crippen MR) is 116 cm³/mol. The minimum atomic E-state index is -4.15. The number of ketones is 1. The molecule has 0 fully saturated rings. The maximum atomic E-state index is 13.6. The molecule has 3 rings (SSSR count). The van der Waals surface area contributed by atoms with E-state index in [-0.39, 0.29) is 22.8 Å². The Hall–Kier alpha value is -2.93. The van der Waals surface area contributed by atoms with E-state index in [0.717, 1.165) is 9.87 Å². The van der Waals surface area contributed by atoms with Crippen LogP contribution in [-0.4, -0.2) is 20.1 Å². The van der Waals surface area contributed by atoms with Gasteiger partial charge in [0.2, 0.25) is 5.91 Å². The van der Waals surface area contributed by atoms with Crippen LogP contribution < -0.4 is 4.31 Å². The highest BCUT2D eigenvalue weighted by Gasteiger charge is 2.32. The molecule has 2 aromatic carbocycles. The first-order chi connectivity index (χ1) is 14.1. The third-order valence-corrected chi connectivity index (χ3v) is 6.88. The van der Waals surface area contributed by atoms with Gasteiger partial charge in [-0.25, -0.2) is 12.7 Å². The lowest BCUT2D eigenvalue weighted by Gasteiger charge is -2.23. The number of furan rings is 1. The molecule has 0 atom stereocenters. The quantitative estimate of drug-likeness (QED) is 0.512. The van der Waals surface area contributed by atoms with E-state index < -0.39 is 15.9 Å². The molecule has 0 saturated heterocycles. The number of Topliss-reactive ketones (excluding diaryl/α,β-unsaturated/α-hetero) is 1. The average molecular weight is 428 g/mol. The summed E-state index contributed by atoms with van der Waals surface area (Å²) < 4.78 is 33.6. The Labute approximate surface area is 176 Å². The fourth-order valence-corrected chi connectivity index (χ4v) is 5.34. The van der Waals surface area contributed by atoms with E-state index in [2.05, 4.69) is 0 Å². The van der Waals surface area contributed by atoms with Crippen molar-refractivity contribution in [2.45, 2.75) is 52.4 Å². The zero-order valence-corrected chi connectivity index (χ0v) is 18.6. The molecule has 6 nitrogen and oxygen atoms in total. The lowest BCUT2D eigenvalue weighted by atomic mass is 10.1. The van der Waals surface area contributed by atoms with Gasteiger partial charge in [0.25, 0.3) is 10.0 Å². The second kappa shape index (κ2) is 8.07. The van der Waals surface area contributed by atoms with E-state index in [1.807, 2.05) is 13.8 Å². The van der Waals surface area contributed by atoms with Gasteiger partial charge in [0.05, 0.1) is 16.1 Å². The summed E-state index contributed by atoms with van der Waals surface area (Å²) in [5, 5.41) is 0.489. The number of hydrogen-bond acceptors (Lipinski definition) is 5. The summed E-state index contributed by atoms with van der Waals surface area (Å²) in [6.45, 7) is 8.51. The lowest BCUT2D eigenvalue weighted by Crippen LogP contribution is -2.37.